The van der Waals surface area contributed by atoms with Crippen LogP contribution in [0.4, 0.5) is 11.4 Å². The van der Waals surface area contributed by atoms with Gasteiger partial charge in [0.25, 0.3) is 5.91 Å². The topological polar surface area (TPSA) is 131 Å². The minimum absolute atomic E-state index is 0.137. The molecule has 1 fully saturated rings. The van der Waals surface area contributed by atoms with Crippen LogP contribution in [0.15, 0.2) is 18.2 Å². The zero-order valence-electron chi connectivity index (χ0n) is 18.6. The normalized spacial score (nSPS) is 13.8. The first-order valence-corrected chi connectivity index (χ1v) is 12.5. The van der Waals surface area contributed by atoms with Crippen LogP contribution < -0.4 is 16.4 Å². The Morgan fingerprint density at radius 3 is 2.62 bits per heavy atom. The summed E-state index contributed by atoms with van der Waals surface area (Å²) in [4.78, 5) is 35.1. The molecule has 1 aromatic carbocycles. The van der Waals surface area contributed by atoms with E-state index in [1.807, 2.05) is 0 Å². The van der Waals surface area contributed by atoms with Gasteiger partial charge in [0.2, 0.25) is 5.91 Å². The van der Waals surface area contributed by atoms with Crippen LogP contribution in [-0.4, -0.2) is 53.7 Å². The van der Waals surface area contributed by atoms with Crippen LogP contribution in [0.25, 0.3) is 0 Å². The molecule has 1 aliphatic rings. The number of carboxylic acid groups (broad SMARTS) is 1. The molecule has 0 saturated heterocycles. The highest BCUT2D eigenvalue weighted by Crippen LogP contribution is 2.21. The zero-order valence-corrected chi connectivity index (χ0v) is 19.4. The van der Waals surface area contributed by atoms with Crippen LogP contribution in [0, 0.1) is 0 Å². The van der Waals surface area contributed by atoms with Crippen molar-refractivity contribution in [1.82, 2.24) is 5.32 Å². The van der Waals surface area contributed by atoms with Gasteiger partial charge in [0.15, 0.2) is 0 Å². The van der Waals surface area contributed by atoms with Gasteiger partial charge in [-0.2, -0.15) is 11.8 Å². The second-order valence-corrected chi connectivity index (χ2v) is 9.14. The summed E-state index contributed by atoms with van der Waals surface area (Å²) >= 11 is 1.56. The molecule has 0 aromatic heterocycles. The Morgan fingerprint density at radius 1 is 1.09 bits per heavy atom. The fourth-order valence-corrected chi connectivity index (χ4v) is 4.29. The first-order chi connectivity index (χ1) is 15.4. The van der Waals surface area contributed by atoms with E-state index in [-0.39, 0.29) is 18.2 Å². The number of nitrogen functional groups attached to an aromatic ring is 1. The van der Waals surface area contributed by atoms with Crippen molar-refractivity contribution in [2.45, 2.75) is 63.9 Å². The van der Waals surface area contributed by atoms with E-state index in [0.29, 0.717) is 48.2 Å². The van der Waals surface area contributed by atoms with Crippen molar-refractivity contribution in [2.24, 2.45) is 0 Å². The predicted octanol–water partition coefficient (Wildman–Crippen LogP) is 3.66. The number of rotatable bonds is 15. The average molecular weight is 466 g/mol. The summed E-state index contributed by atoms with van der Waals surface area (Å²) in [5, 5.41) is 14.2. The number of amides is 2. The molecular formula is C23H35N3O5S. The number of unbranched alkanes of at least 4 members (excludes halogenated alkanes) is 2. The molecule has 0 unspecified atom stereocenters. The summed E-state index contributed by atoms with van der Waals surface area (Å²) in [6.45, 7) is 1.20. The number of hydrogen-bond acceptors (Lipinski definition) is 6. The molecule has 9 heteroatoms. The monoisotopic (exact) mass is 465 g/mol. The smallest absolute Gasteiger partial charge is 0.303 e. The number of ether oxygens (including phenoxy) is 1. The summed E-state index contributed by atoms with van der Waals surface area (Å²) in [5.41, 5.74) is 7.16. The lowest BCUT2D eigenvalue weighted by Gasteiger charge is -2.11. The summed E-state index contributed by atoms with van der Waals surface area (Å²) < 4.78 is 5.82. The molecule has 178 valence electrons. The third kappa shape index (κ3) is 10.9. The van der Waals surface area contributed by atoms with Crippen LogP contribution in [0.1, 0.15) is 68.1 Å². The van der Waals surface area contributed by atoms with Crippen molar-refractivity contribution in [3.8, 4) is 0 Å². The van der Waals surface area contributed by atoms with E-state index in [1.165, 1.54) is 25.7 Å². The Kier molecular flexibility index (Phi) is 12.0. The van der Waals surface area contributed by atoms with Crippen molar-refractivity contribution in [3.05, 3.63) is 23.8 Å². The lowest BCUT2D eigenvalue weighted by molar-refractivity contribution is -0.137. The quantitative estimate of drug-likeness (QED) is 0.230. The van der Waals surface area contributed by atoms with Gasteiger partial charge >= 0.3 is 5.97 Å². The molecule has 0 radical (unpaired) electrons. The second-order valence-electron chi connectivity index (χ2n) is 8.04. The van der Waals surface area contributed by atoms with Crippen molar-refractivity contribution >= 4 is 40.9 Å². The van der Waals surface area contributed by atoms with E-state index in [1.54, 1.807) is 30.0 Å². The van der Waals surface area contributed by atoms with Crippen LogP contribution in [-0.2, 0) is 14.3 Å². The number of carbonyl (C=O) groups is 3. The molecule has 2 amide bonds. The molecule has 0 spiro atoms. The number of anilines is 2. The summed E-state index contributed by atoms with van der Waals surface area (Å²) in [7, 11) is 0. The molecule has 0 heterocycles. The lowest BCUT2D eigenvalue weighted by atomic mass is 10.1. The van der Waals surface area contributed by atoms with Gasteiger partial charge in [0.05, 0.1) is 11.9 Å². The van der Waals surface area contributed by atoms with Crippen molar-refractivity contribution in [1.29, 1.82) is 0 Å². The SMILES string of the molecule is Nc1cc(NC(=O)CSCCCOC2CCCC2)cc(C(=O)NCCCCCC(=O)O)c1. The molecule has 1 aromatic rings. The summed E-state index contributed by atoms with van der Waals surface area (Å²) in [6, 6.07) is 4.79. The number of carbonyl (C=O) groups excluding carboxylic acids is 2. The minimum Gasteiger partial charge on any atom is -0.481 e. The lowest BCUT2D eigenvalue weighted by Crippen LogP contribution is -2.25. The average Bonchev–Trinajstić information content (AvgIpc) is 3.25. The minimum atomic E-state index is -0.810. The van der Waals surface area contributed by atoms with Crippen LogP contribution in [0.3, 0.4) is 0 Å². The number of nitrogens with one attached hydrogen (secondary N) is 2. The van der Waals surface area contributed by atoms with E-state index >= 15 is 0 Å². The molecule has 1 saturated carbocycles. The van der Waals surface area contributed by atoms with Gasteiger partial charge < -0.3 is 26.2 Å². The number of benzene rings is 1. The Bertz CT molecular complexity index is 753. The fourth-order valence-electron chi connectivity index (χ4n) is 3.56. The van der Waals surface area contributed by atoms with Crippen molar-refractivity contribution < 1.29 is 24.2 Å². The molecule has 0 atom stereocenters. The van der Waals surface area contributed by atoms with E-state index < -0.39 is 5.97 Å². The maximum atomic E-state index is 12.4. The molecule has 5 N–H and O–H groups in total. The van der Waals surface area contributed by atoms with Crippen molar-refractivity contribution in [3.63, 3.8) is 0 Å². The standard InChI is InChI=1S/C23H35N3O5S/c24-18-13-17(23(30)25-10-5-1-2-9-22(28)29)14-19(15-18)26-21(27)16-32-12-6-11-31-20-7-3-4-8-20/h13-15,20H,1-12,16,24H2,(H,25,30)(H,26,27)(H,28,29). The number of carboxylic acids is 1. The van der Waals surface area contributed by atoms with Gasteiger partial charge in [0.1, 0.15) is 0 Å². The van der Waals surface area contributed by atoms with E-state index in [2.05, 4.69) is 10.6 Å². The number of nitrogens with two attached hydrogens (primary N) is 1. The molecular weight excluding hydrogens is 430 g/mol. The maximum absolute atomic E-state index is 12.4. The Morgan fingerprint density at radius 2 is 1.88 bits per heavy atom. The summed E-state index contributed by atoms with van der Waals surface area (Å²) in [5.74, 6) is -0.0345. The van der Waals surface area contributed by atoms with Gasteiger partial charge in [-0.15, -0.1) is 0 Å². The Balaban J connectivity index is 1.65. The van der Waals surface area contributed by atoms with Gasteiger partial charge in [-0.25, -0.2) is 0 Å². The summed E-state index contributed by atoms with van der Waals surface area (Å²) in [6.07, 6.45) is 8.38. The van der Waals surface area contributed by atoms with E-state index in [9.17, 15) is 14.4 Å². The fraction of sp³-hybridized carbons (Fsp3) is 0.609. The predicted molar refractivity (Wildman–Crippen MR) is 128 cm³/mol. The molecule has 8 nitrogen and oxygen atoms in total. The van der Waals surface area contributed by atoms with Gasteiger partial charge in [-0.05, 0) is 56.1 Å². The highest BCUT2D eigenvalue weighted by atomic mass is 32.2. The van der Waals surface area contributed by atoms with Gasteiger partial charge in [-0.1, -0.05) is 19.3 Å². The highest BCUT2D eigenvalue weighted by molar-refractivity contribution is 7.99. The Labute approximate surface area is 194 Å². The van der Waals surface area contributed by atoms with Crippen LogP contribution >= 0.6 is 11.8 Å². The van der Waals surface area contributed by atoms with Crippen LogP contribution in [0.2, 0.25) is 0 Å². The number of hydrogen-bond donors (Lipinski definition) is 4. The largest absolute Gasteiger partial charge is 0.481 e. The third-order valence-electron chi connectivity index (χ3n) is 5.18. The third-order valence-corrected chi connectivity index (χ3v) is 6.22. The van der Waals surface area contributed by atoms with E-state index in [4.69, 9.17) is 15.6 Å². The van der Waals surface area contributed by atoms with Crippen LogP contribution in [0.5, 0.6) is 0 Å². The van der Waals surface area contributed by atoms with Crippen molar-refractivity contribution in [2.75, 3.05) is 35.7 Å². The molecule has 1 aliphatic carbocycles. The first-order valence-electron chi connectivity index (χ1n) is 11.3. The molecule has 32 heavy (non-hydrogen) atoms. The molecule has 0 bridgehead atoms. The maximum Gasteiger partial charge on any atom is 0.303 e. The van der Waals surface area contributed by atoms with Gasteiger partial charge in [-0.3, -0.25) is 14.4 Å². The second kappa shape index (κ2) is 14.7. The Hall–Kier alpha value is -2.26. The zero-order chi connectivity index (χ0) is 23.2. The van der Waals surface area contributed by atoms with E-state index in [0.717, 1.165) is 25.2 Å². The van der Waals surface area contributed by atoms with Gasteiger partial charge in [0, 0.05) is 36.5 Å². The molecule has 2 rings (SSSR count). The first kappa shape index (κ1) is 26.0. The number of aliphatic carboxylic acids is 1. The highest BCUT2D eigenvalue weighted by Gasteiger charge is 2.14. The molecule has 0 aliphatic heterocycles. The number of thioether (sulfide) groups is 1.